The number of hydrogen-bond donors (Lipinski definition) is 3. The number of aromatic amines is 1. The Morgan fingerprint density at radius 1 is 1.42 bits per heavy atom. The lowest BCUT2D eigenvalue weighted by Gasteiger charge is -2.15. The second kappa shape index (κ2) is 7.04. The molecule has 1 unspecified atom stereocenters. The van der Waals surface area contributed by atoms with Gasteiger partial charge in [-0.2, -0.15) is 0 Å². The van der Waals surface area contributed by atoms with Gasteiger partial charge in [0.1, 0.15) is 5.82 Å². The SMILES string of the molecule is CCCNC(=O)CNC(C)c1c(C)nc(C)[nH]c1=O. The zero-order valence-corrected chi connectivity index (χ0v) is 12.0. The lowest BCUT2D eigenvalue weighted by molar-refractivity contribution is -0.120. The molecule has 0 aromatic carbocycles. The Morgan fingerprint density at radius 3 is 2.68 bits per heavy atom. The Balaban J connectivity index is 2.66. The van der Waals surface area contributed by atoms with E-state index in [-0.39, 0.29) is 24.1 Å². The van der Waals surface area contributed by atoms with Crippen LogP contribution in [0.15, 0.2) is 4.79 Å². The molecular formula is C13H22N4O2. The number of nitrogens with one attached hydrogen (secondary N) is 3. The van der Waals surface area contributed by atoms with Gasteiger partial charge in [0.05, 0.1) is 12.1 Å². The maximum absolute atomic E-state index is 11.9. The predicted molar refractivity (Wildman–Crippen MR) is 74.1 cm³/mol. The fraction of sp³-hybridized carbons (Fsp3) is 0.615. The molecule has 1 aromatic heterocycles. The molecule has 1 atom stereocenters. The predicted octanol–water partition coefficient (Wildman–Crippen LogP) is 0.564. The molecule has 1 heterocycles. The third kappa shape index (κ3) is 4.48. The van der Waals surface area contributed by atoms with Crippen molar-refractivity contribution in [2.75, 3.05) is 13.1 Å². The Bertz CT molecular complexity index is 496. The molecule has 0 saturated carbocycles. The van der Waals surface area contributed by atoms with Gasteiger partial charge in [-0.15, -0.1) is 0 Å². The Hall–Kier alpha value is -1.69. The molecule has 6 nitrogen and oxygen atoms in total. The van der Waals surface area contributed by atoms with Crippen molar-refractivity contribution in [3.05, 3.63) is 27.4 Å². The number of H-pyrrole nitrogens is 1. The first kappa shape index (κ1) is 15.4. The first-order valence-electron chi connectivity index (χ1n) is 6.53. The van der Waals surface area contributed by atoms with Crippen LogP contribution in [0.3, 0.4) is 0 Å². The van der Waals surface area contributed by atoms with Crippen LogP contribution in [-0.4, -0.2) is 29.0 Å². The second-order valence-electron chi connectivity index (χ2n) is 4.60. The summed E-state index contributed by atoms with van der Waals surface area (Å²) in [5.41, 5.74) is 1.11. The zero-order valence-electron chi connectivity index (χ0n) is 12.0. The van der Waals surface area contributed by atoms with Crippen molar-refractivity contribution in [1.82, 2.24) is 20.6 Å². The van der Waals surface area contributed by atoms with Gasteiger partial charge < -0.3 is 15.6 Å². The van der Waals surface area contributed by atoms with Crippen LogP contribution in [0.5, 0.6) is 0 Å². The summed E-state index contributed by atoms with van der Waals surface area (Å²) in [6.07, 6.45) is 0.905. The quantitative estimate of drug-likeness (QED) is 0.702. The Morgan fingerprint density at radius 2 is 2.11 bits per heavy atom. The average molecular weight is 266 g/mol. The maximum atomic E-state index is 11.9. The Kier molecular flexibility index (Phi) is 5.69. The number of aromatic nitrogens is 2. The maximum Gasteiger partial charge on any atom is 0.255 e. The number of rotatable bonds is 6. The fourth-order valence-corrected chi connectivity index (χ4v) is 1.92. The van der Waals surface area contributed by atoms with E-state index < -0.39 is 0 Å². The monoisotopic (exact) mass is 266 g/mol. The highest BCUT2D eigenvalue weighted by atomic mass is 16.2. The van der Waals surface area contributed by atoms with Gasteiger partial charge in [0.15, 0.2) is 0 Å². The average Bonchev–Trinajstić information content (AvgIpc) is 2.32. The summed E-state index contributed by atoms with van der Waals surface area (Å²) < 4.78 is 0. The summed E-state index contributed by atoms with van der Waals surface area (Å²) in [5.74, 6) is 0.530. The highest BCUT2D eigenvalue weighted by Gasteiger charge is 2.15. The van der Waals surface area contributed by atoms with Crippen LogP contribution in [0.2, 0.25) is 0 Å². The van der Waals surface area contributed by atoms with Gasteiger partial charge in [-0.3, -0.25) is 9.59 Å². The molecule has 3 N–H and O–H groups in total. The molecule has 106 valence electrons. The second-order valence-corrected chi connectivity index (χ2v) is 4.60. The van der Waals surface area contributed by atoms with Crippen LogP contribution >= 0.6 is 0 Å². The van der Waals surface area contributed by atoms with Crippen molar-refractivity contribution in [1.29, 1.82) is 0 Å². The van der Waals surface area contributed by atoms with E-state index in [1.807, 2.05) is 13.8 Å². The number of carbonyl (C=O) groups is 1. The summed E-state index contributed by atoms with van der Waals surface area (Å²) in [5, 5.41) is 5.81. The third-order valence-electron chi connectivity index (χ3n) is 2.84. The van der Waals surface area contributed by atoms with Gasteiger partial charge in [0.25, 0.3) is 5.56 Å². The highest BCUT2D eigenvalue weighted by Crippen LogP contribution is 2.10. The van der Waals surface area contributed by atoms with E-state index in [2.05, 4.69) is 20.6 Å². The molecule has 0 radical (unpaired) electrons. The molecule has 1 rings (SSSR count). The number of hydrogen-bond acceptors (Lipinski definition) is 4. The largest absolute Gasteiger partial charge is 0.355 e. The zero-order chi connectivity index (χ0) is 14.4. The minimum absolute atomic E-state index is 0.0668. The van der Waals surface area contributed by atoms with Gasteiger partial charge in [0.2, 0.25) is 5.91 Å². The van der Waals surface area contributed by atoms with E-state index in [9.17, 15) is 9.59 Å². The van der Waals surface area contributed by atoms with Crippen molar-refractivity contribution in [2.24, 2.45) is 0 Å². The normalized spacial score (nSPS) is 12.2. The van der Waals surface area contributed by atoms with Crippen LogP contribution in [-0.2, 0) is 4.79 Å². The van der Waals surface area contributed by atoms with Crippen molar-refractivity contribution in [3.8, 4) is 0 Å². The molecule has 0 saturated heterocycles. The molecule has 0 aliphatic carbocycles. The number of aryl methyl sites for hydroxylation is 2. The van der Waals surface area contributed by atoms with Crippen molar-refractivity contribution < 1.29 is 4.79 Å². The van der Waals surface area contributed by atoms with Crippen LogP contribution in [0.4, 0.5) is 0 Å². The smallest absolute Gasteiger partial charge is 0.255 e. The van der Waals surface area contributed by atoms with Crippen LogP contribution in [0.25, 0.3) is 0 Å². The topological polar surface area (TPSA) is 86.9 Å². The molecule has 6 heteroatoms. The Labute approximate surface area is 113 Å². The molecule has 19 heavy (non-hydrogen) atoms. The summed E-state index contributed by atoms with van der Waals surface area (Å²) in [4.78, 5) is 30.3. The van der Waals surface area contributed by atoms with Crippen molar-refractivity contribution >= 4 is 5.91 Å². The van der Waals surface area contributed by atoms with E-state index in [1.54, 1.807) is 13.8 Å². The molecule has 1 amide bonds. The van der Waals surface area contributed by atoms with Gasteiger partial charge in [-0.1, -0.05) is 6.92 Å². The summed E-state index contributed by atoms with van der Waals surface area (Å²) in [6, 6.07) is -0.218. The standard InChI is InChI=1S/C13H22N4O2/c1-5-6-14-11(18)7-15-8(2)12-9(3)16-10(4)17-13(12)19/h8,15H,5-7H2,1-4H3,(H,14,18)(H,16,17,19). The third-order valence-corrected chi connectivity index (χ3v) is 2.84. The van der Waals surface area contributed by atoms with Gasteiger partial charge in [-0.05, 0) is 27.2 Å². The number of carbonyl (C=O) groups excluding carboxylic acids is 1. The lowest BCUT2D eigenvalue weighted by atomic mass is 10.1. The van der Waals surface area contributed by atoms with E-state index >= 15 is 0 Å². The lowest BCUT2D eigenvalue weighted by Crippen LogP contribution is -2.37. The van der Waals surface area contributed by atoms with Gasteiger partial charge >= 0.3 is 0 Å². The van der Waals surface area contributed by atoms with Crippen LogP contribution in [0.1, 0.15) is 43.4 Å². The van der Waals surface area contributed by atoms with Crippen LogP contribution < -0.4 is 16.2 Å². The minimum atomic E-state index is -0.218. The number of amides is 1. The molecular weight excluding hydrogens is 244 g/mol. The van der Waals surface area contributed by atoms with E-state index in [0.29, 0.717) is 23.6 Å². The first-order valence-corrected chi connectivity index (χ1v) is 6.53. The minimum Gasteiger partial charge on any atom is -0.355 e. The molecule has 1 aromatic rings. The molecule has 0 bridgehead atoms. The summed E-state index contributed by atoms with van der Waals surface area (Å²) >= 11 is 0. The van der Waals surface area contributed by atoms with Crippen molar-refractivity contribution in [2.45, 2.75) is 40.2 Å². The van der Waals surface area contributed by atoms with Gasteiger partial charge in [0, 0.05) is 18.3 Å². The molecule has 0 aliphatic rings. The fourth-order valence-electron chi connectivity index (χ4n) is 1.92. The van der Waals surface area contributed by atoms with E-state index in [4.69, 9.17) is 0 Å². The molecule has 0 spiro atoms. The molecule has 0 fully saturated rings. The number of nitrogens with zero attached hydrogens (tertiary/aromatic N) is 1. The highest BCUT2D eigenvalue weighted by molar-refractivity contribution is 5.77. The van der Waals surface area contributed by atoms with E-state index in [1.165, 1.54) is 0 Å². The summed E-state index contributed by atoms with van der Waals surface area (Å²) in [6.45, 7) is 8.24. The molecule has 0 aliphatic heterocycles. The van der Waals surface area contributed by atoms with Crippen LogP contribution in [0, 0.1) is 13.8 Å². The van der Waals surface area contributed by atoms with Gasteiger partial charge in [-0.25, -0.2) is 4.98 Å². The van der Waals surface area contributed by atoms with E-state index in [0.717, 1.165) is 6.42 Å². The summed E-state index contributed by atoms with van der Waals surface area (Å²) in [7, 11) is 0. The van der Waals surface area contributed by atoms with Crippen molar-refractivity contribution in [3.63, 3.8) is 0 Å². The first-order chi connectivity index (χ1) is 8.95.